The van der Waals surface area contributed by atoms with Crippen LogP contribution in [0.15, 0.2) is 24.7 Å². The fraction of sp³-hybridized carbons (Fsp3) is 0.471. The molecule has 0 unspecified atom stereocenters. The lowest BCUT2D eigenvalue weighted by atomic mass is 10.2. The van der Waals surface area contributed by atoms with Crippen molar-refractivity contribution in [2.75, 3.05) is 23.3 Å². The van der Waals surface area contributed by atoms with Gasteiger partial charge in [0, 0.05) is 37.3 Å². The molecule has 0 amide bonds. The molecular weight excluding hydrogens is 293 g/mol. The Morgan fingerprint density at radius 1 is 1.17 bits per heavy atom. The van der Waals surface area contributed by atoms with Crippen LogP contribution in [-0.2, 0) is 6.54 Å². The monoisotopic (exact) mass is 313 g/mol. The molecule has 0 spiro atoms. The van der Waals surface area contributed by atoms with Crippen LogP contribution in [0.4, 0.5) is 16.0 Å². The zero-order valence-electron chi connectivity index (χ0n) is 13.0. The Hall–Kier alpha value is -2.24. The maximum Gasteiger partial charge on any atom is 0.187 e. The number of pyridine rings is 1. The molecule has 0 radical (unpaired) electrons. The van der Waals surface area contributed by atoms with Crippen LogP contribution >= 0.6 is 0 Å². The molecule has 2 aromatic rings. The zero-order chi connectivity index (χ0) is 15.6. The minimum Gasteiger partial charge on any atom is -0.363 e. The summed E-state index contributed by atoms with van der Waals surface area (Å²) in [6.45, 7) is 2.59. The van der Waals surface area contributed by atoms with Crippen molar-refractivity contribution in [3.05, 3.63) is 41.7 Å². The Bertz CT molecular complexity index is 695. The zero-order valence-corrected chi connectivity index (χ0v) is 13.0. The SMILES string of the molecule is Fc1c(NCc2cccnc2N2CCCC2)ncnc1C1CC1. The lowest BCUT2D eigenvalue weighted by Gasteiger charge is -2.20. The molecule has 2 aromatic heterocycles. The Morgan fingerprint density at radius 2 is 2.00 bits per heavy atom. The highest BCUT2D eigenvalue weighted by molar-refractivity contribution is 5.50. The number of nitrogens with one attached hydrogen (secondary N) is 1. The maximum atomic E-state index is 14.5. The molecule has 0 bridgehead atoms. The minimum atomic E-state index is -0.304. The highest BCUT2D eigenvalue weighted by atomic mass is 19.1. The molecule has 1 saturated heterocycles. The molecule has 4 rings (SSSR count). The van der Waals surface area contributed by atoms with Gasteiger partial charge in [-0.3, -0.25) is 0 Å². The third-order valence-electron chi connectivity index (χ3n) is 4.50. The average molecular weight is 313 g/mol. The van der Waals surface area contributed by atoms with E-state index in [2.05, 4.69) is 25.2 Å². The fourth-order valence-electron chi connectivity index (χ4n) is 3.11. The minimum absolute atomic E-state index is 0.275. The summed E-state index contributed by atoms with van der Waals surface area (Å²) in [6.07, 6.45) is 7.71. The van der Waals surface area contributed by atoms with Crippen LogP contribution in [-0.4, -0.2) is 28.0 Å². The van der Waals surface area contributed by atoms with E-state index in [4.69, 9.17) is 0 Å². The summed E-state index contributed by atoms with van der Waals surface area (Å²) in [4.78, 5) is 15.0. The van der Waals surface area contributed by atoms with Gasteiger partial charge >= 0.3 is 0 Å². The summed E-state index contributed by atoms with van der Waals surface area (Å²) < 4.78 is 14.5. The Balaban J connectivity index is 1.52. The fourth-order valence-corrected chi connectivity index (χ4v) is 3.11. The number of aromatic nitrogens is 3. The van der Waals surface area contributed by atoms with E-state index in [9.17, 15) is 4.39 Å². The second-order valence-corrected chi connectivity index (χ2v) is 6.23. The number of nitrogens with zero attached hydrogens (tertiary/aromatic N) is 4. The molecule has 0 atom stereocenters. The highest BCUT2D eigenvalue weighted by Gasteiger charge is 2.29. The van der Waals surface area contributed by atoms with Gasteiger partial charge in [0.15, 0.2) is 11.6 Å². The van der Waals surface area contributed by atoms with E-state index in [-0.39, 0.29) is 17.6 Å². The molecule has 1 saturated carbocycles. The molecule has 3 heterocycles. The summed E-state index contributed by atoms with van der Waals surface area (Å²) in [7, 11) is 0. The van der Waals surface area contributed by atoms with Crippen LogP contribution in [0.5, 0.6) is 0 Å². The van der Waals surface area contributed by atoms with Gasteiger partial charge < -0.3 is 10.2 Å². The number of anilines is 2. The second-order valence-electron chi connectivity index (χ2n) is 6.23. The highest BCUT2D eigenvalue weighted by Crippen LogP contribution is 2.40. The average Bonchev–Trinajstić information content (AvgIpc) is 3.28. The molecule has 1 aliphatic carbocycles. The molecule has 1 N–H and O–H groups in total. The number of hydrogen-bond donors (Lipinski definition) is 1. The summed E-state index contributed by atoms with van der Waals surface area (Å²) in [5.41, 5.74) is 1.62. The predicted molar refractivity (Wildman–Crippen MR) is 87.0 cm³/mol. The quantitative estimate of drug-likeness (QED) is 0.919. The Kier molecular flexibility index (Phi) is 3.81. The standard InChI is InChI=1S/C17H20FN5/c18-14-15(12-5-6-12)21-11-22-16(14)20-10-13-4-3-7-19-17(13)23-8-1-2-9-23/h3-4,7,11-12H,1-2,5-6,8-10H2,(H,20,21,22). The normalized spacial score (nSPS) is 17.5. The number of hydrogen-bond acceptors (Lipinski definition) is 5. The molecule has 5 nitrogen and oxygen atoms in total. The number of halogens is 1. The smallest absolute Gasteiger partial charge is 0.187 e. The van der Waals surface area contributed by atoms with Gasteiger partial charge in [-0.15, -0.1) is 0 Å². The molecule has 23 heavy (non-hydrogen) atoms. The van der Waals surface area contributed by atoms with Crippen LogP contribution in [0.25, 0.3) is 0 Å². The summed E-state index contributed by atoms with van der Waals surface area (Å²) in [5, 5.41) is 3.12. The van der Waals surface area contributed by atoms with Gasteiger partial charge in [0.05, 0.1) is 5.69 Å². The van der Waals surface area contributed by atoms with Gasteiger partial charge in [-0.05, 0) is 31.7 Å². The van der Waals surface area contributed by atoms with Crippen LogP contribution in [0.3, 0.4) is 0 Å². The van der Waals surface area contributed by atoms with Gasteiger partial charge in [0.25, 0.3) is 0 Å². The first-order valence-corrected chi connectivity index (χ1v) is 8.26. The van der Waals surface area contributed by atoms with Crippen LogP contribution in [0.1, 0.15) is 42.9 Å². The summed E-state index contributed by atoms with van der Waals surface area (Å²) >= 11 is 0. The summed E-state index contributed by atoms with van der Waals surface area (Å²) in [6, 6.07) is 3.96. The lowest BCUT2D eigenvalue weighted by Crippen LogP contribution is -2.21. The molecule has 2 fully saturated rings. The maximum absolute atomic E-state index is 14.5. The largest absolute Gasteiger partial charge is 0.363 e. The molecule has 6 heteroatoms. The molecular formula is C17H20FN5. The van der Waals surface area contributed by atoms with E-state index in [0.29, 0.717) is 12.2 Å². The van der Waals surface area contributed by atoms with Crippen LogP contribution < -0.4 is 10.2 Å². The van der Waals surface area contributed by atoms with Crippen molar-refractivity contribution in [1.82, 2.24) is 15.0 Å². The third-order valence-corrected chi connectivity index (χ3v) is 4.50. The first-order chi connectivity index (χ1) is 11.3. The molecule has 120 valence electrons. The van der Waals surface area contributed by atoms with Crippen molar-refractivity contribution in [1.29, 1.82) is 0 Å². The van der Waals surface area contributed by atoms with Crippen molar-refractivity contribution < 1.29 is 4.39 Å². The molecule has 0 aromatic carbocycles. The van der Waals surface area contributed by atoms with Crippen molar-refractivity contribution in [3.63, 3.8) is 0 Å². The van der Waals surface area contributed by atoms with E-state index in [0.717, 1.165) is 37.3 Å². The first-order valence-electron chi connectivity index (χ1n) is 8.26. The van der Waals surface area contributed by atoms with Crippen molar-refractivity contribution in [2.24, 2.45) is 0 Å². The van der Waals surface area contributed by atoms with E-state index in [1.165, 1.54) is 19.2 Å². The van der Waals surface area contributed by atoms with Crippen LogP contribution in [0, 0.1) is 5.82 Å². The predicted octanol–water partition coefficient (Wildman–Crippen LogP) is 3.10. The van der Waals surface area contributed by atoms with E-state index in [1.807, 2.05) is 18.3 Å². The lowest BCUT2D eigenvalue weighted by molar-refractivity contribution is 0.595. The third kappa shape index (κ3) is 2.98. The van der Waals surface area contributed by atoms with E-state index >= 15 is 0 Å². The van der Waals surface area contributed by atoms with Gasteiger partial charge in [-0.1, -0.05) is 6.07 Å². The molecule has 2 aliphatic rings. The summed E-state index contributed by atoms with van der Waals surface area (Å²) in [5.74, 6) is 1.26. The molecule has 1 aliphatic heterocycles. The first kappa shape index (κ1) is 14.4. The number of rotatable bonds is 5. The van der Waals surface area contributed by atoms with Crippen molar-refractivity contribution >= 4 is 11.6 Å². The van der Waals surface area contributed by atoms with Gasteiger partial charge in [0.1, 0.15) is 12.1 Å². The topological polar surface area (TPSA) is 53.9 Å². The Labute approximate surface area is 135 Å². The van der Waals surface area contributed by atoms with Gasteiger partial charge in [0.2, 0.25) is 0 Å². The van der Waals surface area contributed by atoms with Gasteiger partial charge in [-0.2, -0.15) is 0 Å². The Morgan fingerprint density at radius 3 is 2.78 bits per heavy atom. The van der Waals surface area contributed by atoms with Gasteiger partial charge in [-0.25, -0.2) is 19.3 Å². The van der Waals surface area contributed by atoms with Crippen molar-refractivity contribution in [3.8, 4) is 0 Å². The van der Waals surface area contributed by atoms with Crippen molar-refractivity contribution in [2.45, 2.75) is 38.1 Å². The van der Waals surface area contributed by atoms with E-state index < -0.39 is 0 Å². The van der Waals surface area contributed by atoms with E-state index in [1.54, 1.807) is 0 Å². The van der Waals surface area contributed by atoms with Crippen LogP contribution in [0.2, 0.25) is 0 Å². The second kappa shape index (κ2) is 6.10.